The van der Waals surface area contributed by atoms with E-state index in [1.54, 1.807) is 0 Å². The van der Waals surface area contributed by atoms with Crippen LogP contribution < -0.4 is 0 Å². The van der Waals surface area contributed by atoms with Crippen LogP contribution in [0, 0.1) is 0 Å². The van der Waals surface area contributed by atoms with Gasteiger partial charge in [0.25, 0.3) is 0 Å². The number of aromatic nitrogens is 3. The Hall–Kier alpha value is -2.93. The molecule has 34 heavy (non-hydrogen) atoms. The molecule has 4 aromatic rings. The second-order valence-corrected chi connectivity index (χ2v) is 10.4. The lowest BCUT2D eigenvalue weighted by atomic mass is 9.90. The smallest absolute Gasteiger partial charge is 0.120 e. The van der Waals surface area contributed by atoms with Crippen LogP contribution >= 0.6 is 11.9 Å². The Morgan fingerprint density at radius 1 is 0.912 bits per heavy atom. The van der Waals surface area contributed by atoms with Crippen molar-refractivity contribution in [3.63, 3.8) is 0 Å². The molecule has 2 aromatic heterocycles. The number of fused-ring (bicyclic) bond motifs is 2. The molecule has 1 aliphatic heterocycles. The summed E-state index contributed by atoms with van der Waals surface area (Å²) in [4.78, 5) is 16.5. The highest BCUT2D eigenvalue weighted by Crippen LogP contribution is 2.36. The van der Waals surface area contributed by atoms with Gasteiger partial charge < -0.3 is 4.98 Å². The Kier molecular flexibility index (Phi) is 6.19. The first-order valence-corrected chi connectivity index (χ1v) is 12.8. The van der Waals surface area contributed by atoms with Gasteiger partial charge in [0.05, 0.1) is 18.3 Å². The van der Waals surface area contributed by atoms with Gasteiger partial charge in [-0.2, -0.15) is 0 Å². The first kappa shape index (κ1) is 21.6. The number of imidazole rings is 1. The van der Waals surface area contributed by atoms with Crippen LogP contribution in [-0.4, -0.2) is 24.2 Å². The standard InChI is InChI=1S/C28H29N5S/c1-2-8-24-19-33(18-23(24)7-1)34-25-11-3-6-21(16-25)17-32(20-27-29-14-15-30-27)26-12-4-9-22-10-5-13-31-28(22)26/h1-3,5-8,10-11,13-16,26H,4,9,12,17-20H2,(H,29,30). The average Bonchev–Trinajstić information content (AvgIpc) is 3.53. The van der Waals surface area contributed by atoms with E-state index >= 15 is 0 Å². The van der Waals surface area contributed by atoms with E-state index in [1.165, 1.54) is 39.3 Å². The molecule has 0 fully saturated rings. The highest BCUT2D eigenvalue weighted by atomic mass is 32.2. The molecule has 6 heteroatoms. The van der Waals surface area contributed by atoms with Crippen molar-refractivity contribution in [1.29, 1.82) is 0 Å². The molecule has 0 bridgehead atoms. The monoisotopic (exact) mass is 467 g/mol. The lowest BCUT2D eigenvalue weighted by molar-refractivity contribution is 0.153. The summed E-state index contributed by atoms with van der Waals surface area (Å²) in [5.74, 6) is 1.00. The van der Waals surface area contributed by atoms with Crippen molar-refractivity contribution in [2.45, 2.75) is 56.4 Å². The summed E-state index contributed by atoms with van der Waals surface area (Å²) in [6.07, 6.45) is 9.14. The molecule has 0 radical (unpaired) electrons. The van der Waals surface area contributed by atoms with Crippen molar-refractivity contribution >= 4 is 11.9 Å². The maximum atomic E-state index is 4.82. The third kappa shape index (κ3) is 4.67. The fourth-order valence-corrected chi connectivity index (χ4v) is 6.29. The molecule has 1 N–H and O–H groups in total. The Bertz CT molecular complexity index is 1230. The van der Waals surface area contributed by atoms with Gasteiger partial charge in [0, 0.05) is 43.1 Å². The summed E-state index contributed by atoms with van der Waals surface area (Å²) >= 11 is 1.86. The molecule has 3 heterocycles. The molecular weight excluding hydrogens is 438 g/mol. The number of nitrogens with one attached hydrogen (secondary N) is 1. The molecule has 0 saturated carbocycles. The zero-order valence-electron chi connectivity index (χ0n) is 19.2. The maximum Gasteiger partial charge on any atom is 0.120 e. The van der Waals surface area contributed by atoms with E-state index in [2.05, 4.69) is 79.8 Å². The van der Waals surface area contributed by atoms with Gasteiger partial charge in [-0.3, -0.25) is 9.88 Å². The minimum atomic E-state index is 0.305. The van der Waals surface area contributed by atoms with Crippen LogP contribution in [0.2, 0.25) is 0 Å². The number of aryl methyl sites for hydroxylation is 1. The van der Waals surface area contributed by atoms with Crippen molar-refractivity contribution in [2.75, 3.05) is 0 Å². The number of rotatable bonds is 7. The molecule has 2 aromatic carbocycles. The second kappa shape index (κ2) is 9.74. The minimum absolute atomic E-state index is 0.305. The van der Waals surface area contributed by atoms with Gasteiger partial charge in [-0.15, -0.1) is 0 Å². The first-order chi connectivity index (χ1) is 16.8. The molecule has 0 spiro atoms. The van der Waals surface area contributed by atoms with Crippen molar-refractivity contribution in [3.05, 3.63) is 113 Å². The fourth-order valence-electron chi connectivity index (χ4n) is 5.24. The van der Waals surface area contributed by atoms with E-state index in [1.807, 2.05) is 30.5 Å². The SMILES string of the molecule is c1cc(CN(Cc2ncc[nH]2)C2CCCc3cccnc32)cc(SN2Cc3ccccc3C2)c1. The van der Waals surface area contributed by atoms with E-state index in [-0.39, 0.29) is 0 Å². The van der Waals surface area contributed by atoms with Crippen LogP contribution in [0.4, 0.5) is 0 Å². The van der Waals surface area contributed by atoms with E-state index in [9.17, 15) is 0 Å². The zero-order valence-corrected chi connectivity index (χ0v) is 20.0. The van der Waals surface area contributed by atoms with Crippen LogP contribution in [0.5, 0.6) is 0 Å². The third-order valence-corrected chi connectivity index (χ3v) is 7.83. The van der Waals surface area contributed by atoms with Crippen molar-refractivity contribution in [3.8, 4) is 0 Å². The highest BCUT2D eigenvalue weighted by molar-refractivity contribution is 7.97. The lowest BCUT2D eigenvalue weighted by Crippen LogP contribution is -2.31. The number of benzene rings is 2. The van der Waals surface area contributed by atoms with Gasteiger partial charge >= 0.3 is 0 Å². The number of pyridine rings is 1. The number of nitrogens with zero attached hydrogens (tertiary/aromatic N) is 4. The summed E-state index contributed by atoms with van der Waals surface area (Å²) in [6, 6.07) is 22.4. The molecule has 1 atom stereocenters. The number of hydrogen-bond donors (Lipinski definition) is 1. The van der Waals surface area contributed by atoms with E-state index in [0.29, 0.717) is 6.04 Å². The van der Waals surface area contributed by atoms with Crippen LogP contribution in [-0.2, 0) is 32.6 Å². The Morgan fingerprint density at radius 2 is 1.76 bits per heavy atom. The summed E-state index contributed by atoms with van der Waals surface area (Å²) in [5, 5.41) is 0. The Morgan fingerprint density at radius 3 is 2.59 bits per heavy atom. The molecule has 0 amide bonds. The third-order valence-electron chi connectivity index (χ3n) is 6.84. The predicted molar refractivity (Wildman–Crippen MR) is 136 cm³/mol. The van der Waals surface area contributed by atoms with E-state index < -0.39 is 0 Å². The van der Waals surface area contributed by atoms with Crippen LogP contribution in [0.15, 0.2) is 84.1 Å². The molecule has 172 valence electrons. The van der Waals surface area contributed by atoms with Crippen LogP contribution in [0.3, 0.4) is 0 Å². The van der Waals surface area contributed by atoms with E-state index in [4.69, 9.17) is 4.98 Å². The quantitative estimate of drug-likeness (QED) is 0.343. The molecule has 2 aliphatic rings. The van der Waals surface area contributed by atoms with Gasteiger partial charge in [0.2, 0.25) is 0 Å². The van der Waals surface area contributed by atoms with Gasteiger partial charge in [-0.1, -0.05) is 42.5 Å². The van der Waals surface area contributed by atoms with Gasteiger partial charge in [0.15, 0.2) is 0 Å². The lowest BCUT2D eigenvalue weighted by Gasteiger charge is -2.34. The summed E-state index contributed by atoms with van der Waals surface area (Å²) in [7, 11) is 0. The fraction of sp³-hybridized carbons (Fsp3) is 0.286. The first-order valence-electron chi connectivity index (χ1n) is 12.1. The van der Waals surface area contributed by atoms with Crippen molar-refractivity contribution in [1.82, 2.24) is 24.2 Å². The van der Waals surface area contributed by atoms with Gasteiger partial charge in [-0.05, 0) is 71.7 Å². The molecule has 1 unspecified atom stereocenters. The number of hydrogen-bond acceptors (Lipinski definition) is 5. The van der Waals surface area contributed by atoms with Crippen molar-refractivity contribution in [2.24, 2.45) is 0 Å². The minimum Gasteiger partial charge on any atom is -0.348 e. The van der Waals surface area contributed by atoms with Gasteiger partial charge in [0.1, 0.15) is 5.82 Å². The average molecular weight is 468 g/mol. The number of H-pyrrole nitrogens is 1. The van der Waals surface area contributed by atoms with Crippen LogP contribution in [0.1, 0.15) is 52.7 Å². The van der Waals surface area contributed by atoms with E-state index in [0.717, 1.165) is 44.8 Å². The second-order valence-electron chi connectivity index (χ2n) is 9.20. The molecular formula is C28H29N5S. The summed E-state index contributed by atoms with van der Waals surface area (Å²) in [6.45, 7) is 3.66. The molecule has 5 nitrogen and oxygen atoms in total. The normalized spacial score (nSPS) is 17.6. The molecule has 6 rings (SSSR count). The molecule has 0 saturated heterocycles. The topological polar surface area (TPSA) is 48.1 Å². The highest BCUT2D eigenvalue weighted by Gasteiger charge is 2.28. The summed E-state index contributed by atoms with van der Waals surface area (Å²) in [5.41, 5.74) is 6.84. The molecule has 1 aliphatic carbocycles. The maximum absolute atomic E-state index is 4.82. The zero-order chi connectivity index (χ0) is 22.7. The van der Waals surface area contributed by atoms with Crippen LogP contribution in [0.25, 0.3) is 0 Å². The Balaban J connectivity index is 1.22. The van der Waals surface area contributed by atoms with Crippen molar-refractivity contribution < 1.29 is 0 Å². The predicted octanol–water partition coefficient (Wildman–Crippen LogP) is 5.91. The summed E-state index contributed by atoms with van der Waals surface area (Å²) < 4.78 is 2.45. The largest absolute Gasteiger partial charge is 0.348 e. The Labute approximate surface area is 205 Å². The number of aromatic amines is 1. The van der Waals surface area contributed by atoms with Gasteiger partial charge in [-0.25, -0.2) is 9.29 Å².